The van der Waals surface area contributed by atoms with Crippen LogP contribution in [0.15, 0.2) is 53.3 Å². The highest BCUT2D eigenvalue weighted by Gasteiger charge is 2.20. The molecule has 0 fully saturated rings. The Hall–Kier alpha value is -3.02. The third-order valence-electron chi connectivity index (χ3n) is 5.35. The van der Waals surface area contributed by atoms with E-state index in [1.165, 1.54) is 5.56 Å². The van der Waals surface area contributed by atoms with Gasteiger partial charge in [-0.1, -0.05) is 30.3 Å². The monoisotopic (exact) mass is 379 g/mol. The van der Waals surface area contributed by atoms with Gasteiger partial charge in [0.1, 0.15) is 5.75 Å². The maximum atomic E-state index is 12.6. The predicted octanol–water partition coefficient (Wildman–Crippen LogP) is 2.58. The number of imidazole rings is 1. The number of hydrogen-bond acceptors (Lipinski definition) is 3. The zero-order chi connectivity index (χ0) is 19.5. The molecule has 0 saturated heterocycles. The Balaban J connectivity index is 1.35. The molecule has 1 unspecified atom stereocenters. The van der Waals surface area contributed by atoms with Gasteiger partial charge in [-0.05, 0) is 37.1 Å². The fraction of sp³-hybridized carbons (Fsp3) is 0.364. The largest absolute Gasteiger partial charge is 0.493 e. The fourth-order valence-corrected chi connectivity index (χ4v) is 3.88. The molecule has 6 nitrogen and oxygen atoms in total. The van der Waals surface area contributed by atoms with Gasteiger partial charge in [-0.3, -0.25) is 13.9 Å². The van der Waals surface area contributed by atoms with Crippen LogP contribution >= 0.6 is 0 Å². The number of aryl methyl sites for hydroxylation is 2. The molecular weight excluding hydrogens is 354 g/mol. The Labute approximate surface area is 163 Å². The van der Waals surface area contributed by atoms with Crippen molar-refractivity contribution >= 4 is 16.9 Å². The van der Waals surface area contributed by atoms with Crippen LogP contribution < -0.4 is 15.7 Å². The van der Waals surface area contributed by atoms with E-state index in [2.05, 4.69) is 11.4 Å². The van der Waals surface area contributed by atoms with E-state index < -0.39 is 0 Å². The fourth-order valence-electron chi connectivity index (χ4n) is 3.88. The first-order valence-electron chi connectivity index (χ1n) is 9.83. The molecule has 0 bridgehead atoms. The molecule has 0 radical (unpaired) electrons. The number of benzene rings is 2. The summed E-state index contributed by atoms with van der Waals surface area (Å²) in [6.45, 7) is 4.14. The molecule has 3 aromatic rings. The third kappa shape index (κ3) is 3.54. The number of carbonyl (C=O) groups excluding carboxylic acids is 1. The summed E-state index contributed by atoms with van der Waals surface area (Å²) in [5.41, 5.74) is 2.91. The number of rotatable bonds is 6. The van der Waals surface area contributed by atoms with E-state index >= 15 is 0 Å². The maximum absolute atomic E-state index is 12.6. The van der Waals surface area contributed by atoms with Crippen LogP contribution in [0.5, 0.6) is 5.75 Å². The van der Waals surface area contributed by atoms with Gasteiger partial charge in [0.2, 0.25) is 5.91 Å². The molecule has 28 heavy (non-hydrogen) atoms. The number of para-hydroxylation sites is 3. The van der Waals surface area contributed by atoms with E-state index in [-0.39, 0.29) is 23.9 Å². The Bertz CT molecular complexity index is 1050. The van der Waals surface area contributed by atoms with Gasteiger partial charge in [-0.25, -0.2) is 4.79 Å². The summed E-state index contributed by atoms with van der Waals surface area (Å²) >= 11 is 0. The van der Waals surface area contributed by atoms with Crippen LogP contribution in [-0.2, 0) is 24.3 Å². The van der Waals surface area contributed by atoms with Gasteiger partial charge in [-0.2, -0.15) is 0 Å². The highest BCUT2D eigenvalue weighted by molar-refractivity contribution is 5.78. The molecule has 1 aliphatic rings. The van der Waals surface area contributed by atoms with E-state index in [4.69, 9.17) is 4.74 Å². The highest BCUT2D eigenvalue weighted by Crippen LogP contribution is 2.26. The molecule has 1 aromatic heterocycles. The summed E-state index contributed by atoms with van der Waals surface area (Å²) in [4.78, 5) is 25.0. The molecular formula is C22H25N3O3. The lowest BCUT2D eigenvalue weighted by Gasteiger charge is -2.25. The first kappa shape index (κ1) is 18.3. The molecule has 0 spiro atoms. The van der Waals surface area contributed by atoms with Crippen LogP contribution in [0.1, 0.15) is 18.9 Å². The van der Waals surface area contributed by atoms with E-state index in [1.807, 2.05) is 49.4 Å². The number of nitrogens with zero attached hydrogens (tertiary/aromatic N) is 2. The van der Waals surface area contributed by atoms with Crippen LogP contribution in [0.4, 0.5) is 0 Å². The smallest absolute Gasteiger partial charge is 0.329 e. The van der Waals surface area contributed by atoms with Gasteiger partial charge >= 0.3 is 5.69 Å². The summed E-state index contributed by atoms with van der Waals surface area (Å²) in [6.07, 6.45) is 1.18. The van der Waals surface area contributed by atoms with Crippen molar-refractivity contribution in [3.63, 3.8) is 0 Å². The first-order chi connectivity index (χ1) is 13.7. The van der Waals surface area contributed by atoms with Gasteiger partial charge in [0.05, 0.1) is 17.6 Å². The van der Waals surface area contributed by atoms with Crippen LogP contribution in [0.25, 0.3) is 11.0 Å². The first-order valence-corrected chi connectivity index (χ1v) is 9.83. The summed E-state index contributed by atoms with van der Waals surface area (Å²) < 4.78 is 9.21. The minimum atomic E-state index is -0.0613. The molecule has 146 valence electrons. The molecule has 1 amide bonds. The average Bonchev–Trinajstić information content (AvgIpc) is 3.01. The standard InChI is InChI=1S/C22H25N3O3/c1-2-24-18-8-4-5-9-19(18)25(22(24)27)12-11-21(26)23-14-16-13-17-7-3-6-10-20(17)28-15-16/h3-10,16H,2,11-15H2,1H3,(H,23,26). The minimum Gasteiger partial charge on any atom is -0.493 e. The van der Waals surface area contributed by atoms with Gasteiger partial charge in [0.25, 0.3) is 0 Å². The van der Waals surface area contributed by atoms with Crippen LogP contribution in [0.3, 0.4) is 0 Å². The van der Waals surface area contributed by atoms with Crippen molar-refractivity contribution in [2.75, 3.05) is 13.2 Å². The SMILES string of the molecule is CCn1c(=O)n(CCC(=O)NCC2COc3ccccc3C2)c2ccccc21. The van der Waals surface area contributed by atoms with Gasteiger partial charge in [0, 0.05) is 32.0 Å². The van der Waals surface area contributed by atoms with Crippen molar-refractivity contribution in [2.45, 2.75) is 32.9 Å². The number of ether oxygens (including phenoxy) is 1. The van der Waals surface area contributed by atoms with Gasteiger partial charge < -0.3 is 10.1 Å². The second-order valence-electron chi connectivity index (χ2n) is 7.21. The maximum Gasteiger partial charge on any atom is 0.329 e. The van der Waals surface area contributed by atoms with Crippen LogP contribution in [0.2, 0.25) is 0 Å². The molecule has 1 N–H and O–H groups in total. The van der Waals surface area contributed by atoms with Crippen molar-refractivity contribution in [3.8, 4) is 5.75 Å². The normalized spacial score (nSPS) is 15.8. The Morgan fingerprint density at radius 2 is 1.82 bits per heavy atom. The van der Waals surface area contributed by atoms with Crippen LogP contribution in [0, 0.1) is 5.92 Å². The molecule has 2 aromatic carbocycles. The number of aromatic nitrogens is 2. The summed E-state index contributed by atoms with van der Waals surface area (Å²) in [5, 5.41) is 3.00. The second-order valence-corrected chi connectivity index (χ2v) is 7.21. The summed E-state index contributed by atoms with van der Waals surface area (Å²) in [5.74, 6) is 1.17. The Morgan fingerprint density at radius 3 is 2.61 bits per heavy atom. The Kier molecular flexibility index (Phi) is 5.19. The number of carbonyl (C=O) groups is 1. The average molecular weight is 379 g/mol. The zero-order valence-corrected chi connectivity index (χ0v) is 16.1. The zero-order valence-electron chi connectivity index (χ0n) is 16.1. The predicted molar refractivity (Wildman–Crippen MR) is 109 cm³/mol. The van der Waals surface area contributed by atoms with E-state index in [1.54, 1.807) is 9.13 Å². The molecule has 1 aliphatic heterocycles. The number of fused-ring (bicyclic) bond motifs is 2. The number of amides is 1. The molecule has 2 heterocycles. The van der Waals surface area contributed by atoms with E-state index in [9.17, 15) is 9.59 Å². The van der Waals surface area contributed by atoms with E-state index in [0.717, 1.165) is 23.2 Å². The lowest BCUT2D eigenvalue weighted by molar-refractivity contribution is -0.121. The number of hydrogen-bond donors (Lipinski definition) is 1. The highest BCUT2D eigenvalue weighted by atomic mass is 16.5. The van der Waals surface area contributed by atoms with Crippen molar-refractivity contribution < 1.29 is 9.53 Å². The summed E-state index contributed by atoms with van der Waals surface area (Å²) in [6, 6.07) is 15.7. The second kappa shape index (κ2) is 7.92. The van der Waals surface area contributed by atoms with Crippen LogP contribution in [-0.4, -0.2) is 28.2 Å². The topological polar surface area (TPSA) is 65.3 Å². The van der Waals surface area contributed by atoms with E-state index in [0.29, 0.717) is 26.2 Å². The Morgan fingerprint density at radius 1 is 1.11 bits per heavy atom. The molecule has 6 heteroatoms. The minimum absolute atomic E-state index is 0.0425. The van der Waals surface area contributed by atoms with Crippen molar-refractivity contribution in [2.24, 2.45) is 5.92 Å². The molecule has 0 saturated carbocycles. The summed E-state index contributed by atoms with van der Waals surface area (Å²) in [7, 11) is 0. The lowest BCUT2D eigenvalue weighted by Crippen LogP contribution is -2.35. The van der Waals surface area contributed by atoms with Gasteiger partial charge in [-0.15, -0.1) is 0 Å². The molecule has 1 atom stereocenters. The lowest BCUT2D eigenvalue weighted by atomic mass is 9.97. The van der Waals surface area contributed by atoms with Gasteiger partial charge in [0.15, 0.2) is 0 Å². The molecule has 4 rings (SSSR count). The molecule has 0 aliphatic carbocycles. The van der Waals surface area contributed by atoms with Crippen molar-refractivity contribution in [3.05, 3.63) is 64.6 Å². The van der Waals surface area contributed by atoms with Crippen molar-refractivity contribution in [1.82, 2.24) is 14.5 Å². The number of nitrogens with one attached hydrogen (secondary N) is 1. The van der Waals surface area contributed by atoms with Crippen molar-refractivity contribution in [1.29, 1.82) is 0 Å². The quantitative estimate of drug-likeness (QED) is 0.716. The third-order valence-corrected chi connectivity index (χ3v) is 5.35.